The molecule has 3 aliphatic carbocycles. The predicted molar refractivity (Wildman–Crippen MR) is 256 cm³/mol. The molecule has 2 aromatic heterocycles. The van der Waals surface area contributed by atoms with E-state index in [-0.39, 0.29) is 0 Å². The minimum Gasteiger partial charge on any atom is -0.233 e. The molecule has 0 radical (unpaired) electrons. The molecular formula is C58H36FN3S. The van der Waals surface area contributed by atoms with Gasteiger partial charge in [-0.25, -0.2) is 19.3 Å². The summed E-state index contributed by atoms with van der Waals surface area (Å²) in [5.74, 6) is 1.36. The van der Waals surface area contributed by atoms with Gasteiger partial charge in [0.25, 0.3) is 0 Å². The predicted octanol–water partition coefficient (Wildman–Crippen LogP) is 14.8. The van der Waals surface area contributed by atoms with Gasteiger partial charge in [0.1, 0.15) is 0 Å². The smallest absolute Gasteiger partial charge is 0.164 e. The van der Waals surface area contributed by atoms with E-state index in [0.29, 0.717) is 23.0 Å². The number of halogens is 1. The summed E-state index contributed by atoms with van der Waals surface area (Å²) >= 11 is 1.79. The van der Waals surface area contributed by atoms with Crippen molar-refractivity contribution in [2.75, 3.05) is 0 Å². The van der Waals surface area contributed by atoms with Crippen molar-refractivity contribution in [3.05, 3.63) is 235 Å². The zero-order chi connectivity index (χ0) is 41.7. The molecule has 296 valence electrons. The maximum Gasteiger partial charge on any atom is 0.164 e. The Bertz CT molecular complexity index is 3500. The van der Waals surface area contributed by atoms with Gasteiger partial charge in [0.05, 0.1) is 5.41 Å². The molecule has 3 nitrogen and oxygen atoms in total. The van der Waals surface area contributed by atoms with Crippen LogP contribution in [0.5, 0.6) is 0 Å². The van der Waals surface area contributed by atoms with E-state index in [1.165, 1.54) is 14.8 Å². The van der Waals surface area contributed by atoms with E-state index >= 15 is 4.39 Å². The minimum absolute atomic E-state index is 0.542. The third kappa shape index (κ3) is 5.27. The molecule has 0 saturated heterocycles. The van der Waals surface area contributed by atoms with Gasteiger partial charge in [0.15, 0.2) is 23.1 Å². The Morgan fingerprint density at radius 2 is 0.857 bits per heavy atom. The average Bonchev–Trinajstić information content (AvgIpc) is 3.84. The normalized spacial score (nSPS) is 19.0. The molecule has 0 bridgehead atoms. The quantitative estimate of drug-likeness (QED) is 0.177. The first-order valence-electron chi connectivity index (χ1n) is 21.4. The van der Waals surface area contributed by atoms with Crippen LogP contribution in [0.15, 0.2) is 212 Å². The molecule has 5 heteroatoms. The fraction of sp³-hybridized carbons (Fsp3) is 0.0517. The number of allylic oxidation sites excluding steroid dienone is 4. The van der Waals surface area contributed by atoms with Crippen molar-refractivity contribution >= 4 is 31.5 Å². The lowest BCUT2D eigenvalue weighted by molar-refractivity contribution is 0.133. The van der Waals surface area contributed by atoms with Crippen LogP contribution in [-0.2, 0) is 11.1 Å². The van der Waals surface area contributed by atoms with E-state index in [4.69, 9.17) is 15.0 Å². The molecule has 3 unspecified atom stereocenters. The zero-order valence-corrected chi connectivity index (χ0v) is 34.7. The Morgan fingerprint density at radius 3 is 1.48 bits per heavy atom. The van der Waals surface area contributed by atoms with Gasteiger partial charge >= 0.3 is 0 Å². The third-order valence-electron chi connectivity index (χ3n) is 13.5. The van der Waals surface area contributed by atoms with Crippen LogP contribution >= 0.6 is 11.3 Å². The highest BCUT2D eigenvalue weighted by Crippen LogP contribution is 2.65. The number of aromatic nitrogens is 3. The summed E-state index contributed by atoms with van der Waals surface area (Å²) in [7, 11) is 0. The van der Waals surface area contributed by atoms with Gasteiger partial charge < -0.3 is 0 Å². The summed E-state index contributed by atoms with van der Waals surface area (Å²) in [5.41, 5.74) is 10.8. The standard InChI is InChI=1S/C58H36FN3S/c59-57-32-14-13-25-53(57)58(48-23-11-8-20-42(48)41-19-7-10-22-47(41)57)49-24-12-9-21-43(49)44-29-26-39(35-50(44)58)38-27-30-51-45(33-38)46-34-40(28-31-52(46)63-51)56-61-54(36-15-3-1-4-16-36)60-55(62-56)37-17-5-2-6-18-37/h1-35,53H. The van der Waals surface area contributed by atoms with Gasteiger partial charge in [-0.15, -0.1) is 11.3 Å². The maximum atomic E-state index is 18.7. The second-order valence-corrected chi connectivity index (χ2v) is 17.8. The number of fused-ring (bicyclic) bond motifs is 15. The number of benzene rings is 8. The topological polar surface area (TPSA) is 38.7 Å². The van der Waals surface area contributed by atoms with Crippen LogP contribution in [0.25, 0.3) is 87.7 Å². The largest absolute Gasteiger partial charge is 0.233 e. The molecule has 8 aromatic carbocycles. The van der Waals surface area contributed by atoms with Crippen LogP contribution in [0.2, 0.25) is 0 Å². The van der Waals surface area contributed by atoms with Crippen molar-refractivity contribution in [2.24, 2.45) is 5.92 Å². The van der Waals surface area contributed by atoms with Crippen LogP contribution in [0.1, 0.15) is 22.3 Å². The molecule has 0 fully saturated rings. The number of hydrogen-bond acceptors (Lipinski definition) is 4. The third-order valence-corrected chi connectivity index (χ3v) is 14.7. The molecule has 3 atom stereocenters. The Hall–Kier alpha value is -7.60. The molecule has 13 rings (SSSR count). The Balaban J connectivity index is 0.995. The van der Waals surface area contributed by atoms with Crippen LogP contribution in [0, 0.1) is 5.92 Å². The van der Waals surface area contributed by atoms with E-state index in [0.717, 1.165) is 72.1 Å². The van der Waals surface area contributed by atoms with Gasteiger partial charge in [0, 0.05) is 48.3 Å². The van der Waals surface area contributed by atoms with Crippen molar-refractivity contribution in [1.82, 2.24) is 15.0 Å². The van der Waals surface area contributed by atoms with Crippen molar-refractivity contribution in [3.63, 3.8) is 0 Å². The first-order chi connectivity index (χ1) is 31.1. The lowest BCUT2D eigenvalue weighted by atomic mass is 9.58. The molecule has 63 heavy (non-hydrogen) atoms. The molecule has 0 amide bonds. The van der Waals surface area contributed by atoms with Crippen molar-refractivity contribution in [1.29, 1.82) is 0 Å². The molecule has 3 aliphatic rings. The average molecular weight is 826 g/mol. The maximum absolute atomic E-state index is 18.7. The number of nitrogens with zero attached hydrogens (tertiary/aromatic N) is 3. The summed E-state index contributed by atoms with van der Waals surface area (Å²) in [4.78, 5) is 15.0. The molecule has 0 saturated carbocycles. The summed E-state index contributed by atoms with van der Waals surface area (Å²) in [6, 6.07) is 65.8. The Kier molecular flexibility index (Phi) is 7.85. The number of thiophene rings is 1. The van der Waals surface area contributed by atoms with E-state index < -0.39 is 17.0 Å². The highest BCUT2D eigenvalue weighted by molar-refractivity contribution is 7.25. The fourth-order valence-electron chi connectivity index (χ4n) is 10.8. The SMILES string of the molecule is FC12C=CC=CC1C1(c3ccccc3-c3ccccc32)c2ccccc2-c2ccc(-c3ccc4sc5ccc(-c6nc(-c7ccccc7)nc(-c7ccccc7)n6)cc5c4c3)cc21. The van der Waals surface area contributed by atoms with Gasteiger partial charge in [0.2, 0.25) is 0 Å². The number of rotatable bonds is 4. The van der Waals surface area contributed by atoms with Gasteiger partial charge in [-0.3, -0.25) is 0 Å². The Morgan fingerprint density at radius 1 is 0.397 bits per heavy atom. The second kappa shape index (κ2) is 13.7. The van der Waals surface area contributed by atoms with Gasteiger partial charge in [-0.1, -0.05) is 170 Å². The van der Waals surface area contributed by atoms with Gasteiger partial charge in [-0.2, -0.15) is 0 Å². The number of hydrogen-bond donors (Lipinski definition) is 0. The highest BCUT2D eigenvalue weighted by Gasteiger charge is 2.60. The summed E-state index contributed by atoms with van der Waals surface area (Å²) < 4.78 is 21.1. The lowest BCUT2D eigenvalue weighted by Gasteiger charge is -2.45. The molecule has 0 aliphatic heterocycles. The second-order valence-electron chi connectivity index (χ2n) is 16.8. The highest BCUT2D eigenvalue weighted by atomic mass is 32.1. The fourth-order valence-corrected chi connectivity index (χ4v) is 11.8. The number of alkyl halides is 1. The first kappa shape index (κ1) is 36.1. The van der Waals surface area contributed by atoms with Crippen molar-refractivity contribution in [3.8, 4) is 67.5 Å². The van der Waals surface area contributed by atoms with Crippen LogP contribution in [0.4, 0.5) is 4.39 Å². The minimum atomic E-state index is -1.76. The summed E-state index contributed by atoms with van der Waals surface area (Å²) in [5, 5.41) is 2.32. The summed E-state index contributed by atoms with van der Waals surface area (Å²) in [6.07, 6.45) is 7.83. The molecule has 1 spiro atoms. The zero-order valence-electron chi connectivity index (χ0n) is 33.9. The van der Waals surface area contributed by atoms with E-state index in [2.05, 4.69) is 115 Å². The lowest BCUT2D eigenvalue weighted by Crippen LogP contribution is -2.45. The van der Waals surface area contributed by atoms with E-state index in [1.807, 2.05) is 91.0 Å². The first-order valence-corrected chi connectivity index (χ1v) is 22.2. The van der Waals surface area contributed by atoms with E-state index in [1.54, 1.807) is 17.4 Å². The molecular weight excluding hydrogens is 790 g/mol. The summed E-state index contributed by atoms with van der Waals surface area (Å²) in [6.45, 7) is 0. The van der Waals surface area contributed by atoms with Crippen molar-refractivity contribution < 1.29 is 4.39 Å². The monoisotopic (exact) mass is 825 g/mol. The van der Waals surface area contributed by atoms with Crippen LogP contribution < -0.4 is 0 Å². The van der Waals surface area contributed by atoms with Crippen molar-refractivity contribution in [2.45, 2.75) is 11.1 Å². The van der Waals surface area contributed by atoms with Crippen LogP contribution in [-0.4, -0.2) is 15.0 Å². The molecule has 10 aromatic rings. The molecule has 2 heterocycles. The van der Waals surface area contributed by atoms with E-state index in [9.17, 15) is 0 Å². The van der Waals surface area contributed by atoms with Gasteiger partial charge in [-0.05, 0) is 92.5 Å². The molecule has 0 N–H and O–H groups in total. The van der Waals surface area contributed by atoms with Crippen LogP contribution in [0.3, 0.4) is 0 Å². The Labute approximate surface area is 368 Å².